The van der Waals surface area contributed by atoms with Crippen molar-refractivity contribution >= 4 is 10.8 Å². The summed E-state index contributed by atoms with van der Waals surface area (Å²) in [4.78, 5) is 4.18. The van der Waals surface area contributed by atoms with Crippen LogP contribution in [-0.4, -0.2) is 4.98 Å². The summed E-state index contributed by atoms with van der Waals surface area (Å²) in [5.41, 5.74) is 7.79. The van der Waals surface area contributed by atoms with E-state index in [0.717, 1.165) is 5.92 Å². The molecule has 1 aliphatic rings. The molecule has 0 radical (unpaired) electrons. The first-order valence-corrected chi connectivity index (χ1v) is 6.84. The van der Waals surface area contributed by atoms with E-state index in [-0.39, 0.29) is 6.04 Å². The van der Waals surface area contributed by atoms with Gasteiger partial charge in [-0.2, -0.15) is 0 Å². The van der Waals surface area contributed by atoms with E-state index in [1.165, 1.54) is 35.6 Å². The first-order chi connectivity index (χ1) is 8.75. The fourth-order valence-corrected chi connectivity index (χ4v) is 3.27. The minimum Gasteiger partial charge on any atom is -0.324 e. The Morgan fingerprint density at radius 1 is 1.28 bits per heavy atom. The third-order valence-corrected chi connectivity index (χ3v) is 4.32. The lowest BCUT2D eigenvalue weighted by Gasteiger charge is -2.21. The van der Waals surface area contributed by atoms with Crippen molar-refractivity contribution in [3.63, 3.8) is 0 Å². The van der Waals surface area contributed by atoms with Crippen LogP contribution in [0.3, 0.4) is 0 Å². The molecule has 0 bridgehead atoms. The molecule has 2 nitrogen and oxygen atoms in total. The first kappa shape index (κ1) is 11.7. The van der Waals surface area contributed by atoms with Crippen LogP contribution in [0.25, 0.3) is 10.8 Å². The van der Waals surface area contributed by atoms with Gasteiger partial charge in [-0.1, -0.05) is 31.5 Å². The predicted molar refractivity (Wildman–Crippen MR) is 75.2 cm³/mol. The molecule has 0 saturated heterocycles. The number of fused-ring (bicyclic) bond motifs is 1. The van der Waals surface area contributed by atoms with E-state index in [1.807, 2.05) is 12.4 Å². The Hall–Kier alpha value is -1.41. The van der Waals surface area contributed by atoms with Gasteiger partial charge in [0.1, 0.15) is 0 Å². The zero-order valence-electron chi connectivity index (χ0n) is 10.8. The van der Waals surface area contributed by atoms with Crippen LogP contribution in [0.15, 0.2) is 36.7 Å². The molecule has 3 atom stereocenters. The van der Waals surface area contributed by atoms with E-state index in [4.69, 9.17) is 5.73 Å². The SMILES string of the molecule is CC1CCC(C(N)c2cccc3cnccc23)C1. The zero-order valence-corrected chi connectivity index (χ0v) is 10.8. The van der Waals surface area contributed by atoms with E-state index >= 15 is 0 Å². The first-order valence-electron chi connectivity index (χ1n) is 6.84. The third-order valence-electron chi connectivity index (χ3n) is 4.32. The summed E-state index contributed by atoms with van der Waals surface area (Å²) < 4.78 is 0. The molecule has 1 saturated carbocycles. The fraction of sp³-hybridized carbons (Fsp3) is 0.438. The summed E-state index contributed by atoms with van der Waals surface area (Å²) in [5.74, 6) is 1.47. The quantitative estimate of drug-likeness (QED) is 0.869. The van der Waals surface area contributed by atoms with Crippen molar-refractivity contribution in [1.29, 1.82) is 0 Å². The monoisotopic (exact) mass is 240 g/mol. The smallest absolute Gasteiger partial charge is 0.0346 e. The number of hydrogen-bond acceptors (Lipinski definition) is 2. The molecule has 3 unspecified atom stereocenters. The highest BCUT2D eigenvalue weighted by atomic mass is 14.7. The van der Waals surface area contributed by atoms with Gasteiger partial charge in [-0.25, -0.2) is 0 Å². The summed E-state index contributed by atoms with van der Waals surface area (Å²) in [7, 11) is 0. The fourth-order valence-electron chi connectivity index (χ4n) is 3.27. The van der Waals surface area contributed by atoms with Crippen LogP contribution >= 0.6 is 0 Å². The molecule has 0 amide bonds. The summed E-state index contributed by atoms with van der Waals surface area (Å²) >= 11 is 0. The van der Waals surface area contributed by atoms with E-state index in [1.54, 1.807) is 0 Å². The molecule has 1 fully saturated rings. The molecule has 18 heavy (non-hydrogen) atoms. The Morgan fingerprint density at radius 2 is 2.17 bits per heavy atom. The highest BCUT2D eigenvalue weighted by Gasteiger charge is 2.28. The summed E-state index contributed by atoms with van der Waals surface area (Å²) in [6.07, 6.45) is 7.63. The van der Waals surface area contributed by atoms with Crippen LogP contribution in [0.5, 0.6) is 0 Å². The average molecular weight is 240 g/mol. The van der Waals surface area contributed by atoms with Crippen molar-refractivity contribution < 1.29 is 0 Å². The average Bonchev–Trinajstić information content (AvgIpc) is 2.84. The van der Waals surface area contributed by atoms with Crippen LogP contribution in [0, 0.1) is 11.8 Å². The summed E-state index contributed by atoms with van der Waals surface area (Å²) in [6.45, 7) is 2.33. The predicted octanol–water partition coefficient (Wildman–Crippen LogP) is 3.67. The van der Waals surface area contributed by atoms with Crippen molar-refractivity contribution in [2.45, 2.75) is 32.2 Å². The summed E-state index contributed by atoms with van der Waals surface area (Å²) in [5, 5.41) is 2.45. The number of rotatable bonds is 2. The zero-order chi connectivity index (χ0) is 12.5. The maximum Gasteiger partial charge on any atom is 0.0346 e. The van der Waals surface area contributed by atoms with Gasteiger partial charge < -0.3 is 5.73 Å². The molecule has 2 heteroatoms. The van der Waals surface area contributed by atoms with Crippen LogP contribution in [0.2, 0.25) is 0 Å². The number of benzene rings is 1. The van der Waals surface area contributed by atoms with Gasteiger partial charge in [0.05, 0.1) is 0 Å². The molecule has 1 aromatic carbocycles. The highest BCUT2D eigenvalue weighted by molar-refractivity contribution is 5.85. The van der Waals surface area contributed by atoms with Crippen LogP contribution < -0.4 is 5.73 Å². The number of nitrogens with zero attached hydrogens (tertiary/aromatic N) is 1. The van der Waals surface area contributed by atoms with Crippen molar-refractivity contribution in [3.05, 3.63) is 42.2 Å². The lowest BCUT2D eigenvalue weighted by atomic mass is 9.89. The van der Waals surface area contributed by atoms with Gasteiger partial charge in [0, 0.05) is 23.8 Å². The lowest BCUT2D eigenvalue weighted by molar-refractivity contribution is 0.431. The van der Waals surface area contributed by atoms with E-state index in [0.29, 0.717) is 5.92 Å². The van der Waals surface area contributed by atoms with Crippen LogP contribution in [0.1, 0.15) is 37.8 Å². The summed E-state index contributed by atoms with van der Waals surface area (Å²) in [6, 6.07) is 8.63. The Labute approximate surface area is 108 Å². The van der Waals surface area contributed by atoms with Crippen molar-refractivity contribution in [2.24, 2.45) is 17.6 Å². The number of nitrogens with two attached hydrogens (primary N) is 1. The Morgan fingerprint density at radius 3 is 2.94 bits per heavy atom. The van der Waals surface area contributed by atoms with Gasteiger partial charge in [-0.15, -0.1) is 0 Å². The molecule has 1 aliphatic carbocycles. The van der Waals surface area contributed by atoms with E-state index < -0.39 is 0 Å². The molecule has 0 aliphatic heterocycles. The molecule has 1 heterocycles. The maximum absolute atomic E-state index is 6.51. The largest absolute Gasteiger partial charge is 0.324 e. The standard InChI is InChI=1S/C16H20N2/c1-11-5-6-12(9-11)16(17)15-4-2-3-13-10-18-8-7-14(13)15/h2-4,7-8,10-12,16H,5-6,9,17H2,1H3. The van der Waals surface area contributed by atoms with E-state index in [9.17, 15) is 0 Å². The number of aromatic nitrogens is 1. The number of pyridine rings is 1. The van der Waals surface area contributed by atoms with Crippen LogP contribution in [0.4, 0.5) is 0 Å². The Balaban J connectivity index is 1.98. The van der Waals surface area contributed by atoms with Gasteiger partial charge >= 0.3 is 0 Å². The van der Waals surface area contributed by atoms with Gasteiger partial charge in [-0.05, 0) is 41.7 Å². The normalized spacial score (nSPS) is 25.4. The minimum atomic E-state index is 0.168. The second kappa shape index (κ2) is 4.69. The maximum atomic E-state index is 6.51. The van der Waals surface area contributed by atoms with E-state index in [2.05, 4.69) is 36.2 Å². The van der Waals surface area contributed by atoms with Gasteiger partial charge in [-0.3, -0.25) is 4.98 Å². The van der Waals surface area contributed by atoms with Gasteiger partial charge in [0.2, 0.25) is 0 Å². The third kappa shape index (κ3) is 2.01. The number of hydrogen-bond donors (Lipinski definition) is 1. The second-order valence-corrected chi connectivity index (χ2v) is 5.65. The van der Waals surface area contributed by atoms with Crippen molar-refractivity contribution in [2.75, 3.05) is 0 Å². The van der Waals surface area contributed by atoms with Gasteiger partial charge in [0.25, 0.3) is 0 Å². The van der Waals surface area contributed by atoms with Crippen molar-refractivity contribution in [3.8, 4) is 0 Å². The second-order valence-electron chi connectivity index (χ2n) is 5.65. The Bertz CT molecular complexity index is 544. The minimum absolute atomic E-state index is 0.168. The molecule has 2 N–H and O–H groups in total. The lowest BCUT2D eigenvalue weighted by Crippen LogP contribution is -2.19. The van der Waals surface area contributed by atoms with Gasteiger partial charge in [0.15, 0.2) is 0 Å². The topological polar surface area (TPSA) is 38.9 Å². The van der Waals surface area contributed by atoms with Crippen LogP contribution in [-0.2, 0) is 0 Å². The Kier molecular flexibility index (Phi) is 3.04. The highest BCUT2D eigenvalue weighted by Crippen LogP contribution is 2.39. The molecule has 3 rings (SSSR count). The molecular weight excluding hydrogens is 220 g/mol. The molecular formula is C16H20N2. The van der Waals surface area contributed by atoms with Crippen molar-refractivity contribution in [1.82, 2.24) is 4.98 Å². The molecule has 2 aromatic rings. The molecule has 1 aromatic heterocycles. The molecule has 0 spiro atoms. The molecule has 94 valence electrons.